The van der Waals surface area contributed by atoms with Crippen LogP contribution in [-0.2, 0) is 20.6 Å². The number of likely N-dealkylation sites (N-methyl/N-ethyl adjacent to an activating group) is 1. The Hall–Kier alpha value is -1.60. The van der Waals surface area contributed by atoms with Gasteiger partial charge >= 0.3 is 0 Å². The molecule has 0 saturated heterocycles. The van der Waals surface area contributed by atoms with Crippen molar-refractivity contribution in [2.75, 3.05) is 19.7 Å². The highest BCUT2D eigenvalue weighted by Crippen LogP contribution is 2.17. The maximum atomic E-state index is 12.3. The lowest BCUT2D eigenvalue weighted by atomic mass is 10.2. The summed E-state index contributed by atoms with van der Waals surface area (Å²) in [7, 11) is -3.58. The van der Waals surface area contributed by atoms with Gasteiger partial charge in [-0.2, -0.15) is 4.31 Å². The van der Waals surface area contributed by atoms with Gasteiger partial charge in [-0.05, 0) is 24.1 Å². The van der Waals surface area contributed by atoms with Gasteiger partial charge in [0, 0.05) is 6.54 Å². The molecule has 0 spiro atoms. The van der Waals surface area contributed by atoms with E-state index in [-0.39, 0.29) is 18.8 Å². The second-order valence-electron chi connectivity index (χ2n) is 4.64. The molecule has 0 atom stereocenters. The number of nitrogens with zero attached hydrogens (tertiary/aromatic N) is 1. The number of carbonyl (C=O) groups excluding carboxylic acids is 1. The largest absolute Gasteiger partial charge is 0.494 e. The van der Waals surface area contributed by atoms with E-state index >= 15 is 0 Å². The molecule has 0 aliphatic heterocycles. The van der Waals surface area contributed by atoms with Crippen LogP contribution in [0.25, 0.3) is 0 Å². The second kappa shape index (κ2) is 7.99. The van der Waals surface area contributed by atoms with Crippen LogP contribution in [0.2, 0.25) is 0 Å². The van der Waals surface area contributed by atoms with Crippen LogP contribution >= 0.6 is 0 Å². The number of hydrogen-bond acceptors (Lipinski definition) is 4. The summed E-state index contributed by atoms with van der Waals surface area (Å²) in [4.78, 5) is 10.9. The van der Waals surface area contributed by atoms with E-state index in [1.54, 1.807) is 31.2 Å². The Bertz CT molecular complexity index is 572. The SMILES string of the molecule is CCCOc1cccc(CS(=O)(=O)N(CC)CC(N)=O)c1. The third-order valence-electron chi connectivity index (χ3n) is 2.80. The molecule has 0 bridgehead atoms. The number of amides is 1. The third-order valence-corrected chi connectivity index (χ3v) is 4.67. The molecule has 0 heterocycles. The fourth-order valence-electron chi connectivity index (χ4n) is 1.83. The molecular formula is C14H22N2O4S. The van der Waals surface area contributed by atoms with E-state index < -0.39 is 15.9 Å². The number of ether oxygens (including phenoxy) is 1. The first-order valence-corrected chi connectivity index (χ1v) is 8.47. The van der Waals surface area contributed by atoms with Gasteiger partial charge in [0.2, 0.25) is 15.9 Å². The number of sulfonamides is 1. The predicted octanol–water partition coefficient (Wildman–Crippen LogP) is 1.11. The Labute approximate surface area is 125 Å². The summed E-state index contributed by atoms with van der Waals surface area (Å²) in [6.07, 6.45) is 0.880. The molecule has 0 radical (unpaired) electrons. The van der Waals surface area contributed by atoms with Gasteiger partial charge in [-0.3, -0.25) is 4.79 Å². The van der Waals surface area contributed by atoms with Crippen molar-refractivity contribution < 1.29 is 17.9 Å². The molecule has 1 amide bonds. The summed E-state index contributed by atoms with van der Waals surface area (Å²) < 4.78 is 31.1. The lowest BCUT2D eigenvalue weighted by Crippen LogP contribution is -2.38. The van der Waals surface area contributed by atoms with Crippen LogP contribution in [0.15, 0.2) is 24.3 Å². The van der Waals surface area contributed by atoms with Gasteiger partial charge in [-0.25, -0.2) is 8.42 Å². The minimum absolute atomic E-state index is 0.183. The van der Waals surface area contributed by atoms with E-state index in [4.69, 9.17) is 10.5 Å². The highest BCUT2D eigenvalue weighted by molar-refractivity contribution is 7.88. The molecule has 0 aliphatic carbocycles. The van der Waals surface area contributed by atoms with E-state index in [2.05, 4.69) is 0 Å². The van der Waals surface area contributed by atoms with Gasteiger partial charge in [0.25, 0.3) is 0 Å². The summed E-state index contributed by atoms with van der Waals surface area (Å²) in [5.41, 5.74) is 5.69. The minimum Gasteiger partial charge on any atom is -0.494 e. The zero-order valence-electron chi connectivity index (χ0n) is 12.4. The van der Waals surface area contributed by atoms with Crippen molar-refractivity contribution in [2.45, 2.75) is 26.0 Å². The summed E-state index contributed by atoms with van der Waals surface area (Å²) in [5.74, 6) is -0.208. The maximum absolute atomic E-state index is 12.3. The molecule has 0 saturated carbocycles. The molecule has 1 aromatic carbocycles. The molecule has 118 valence electrons. The zero-order valence-corrected chi connectivity index (χ0v) is 13.2. The quantitative estimate of drug-likeness (QED) is 0.739. The molecule has 0 aliphatic rings. The molecule has 0 aromatic heterocycles. The normalized spacial score (nSPS) is 11.6. The average molecular weight is 314 g/mol. The lowest BCUT2D eigenvalue weighted by molar-refractivity contribution is -0.118. The van der Waals surface area contributed by atoms with Crippen LogP contribution in [0.3, 0.4) is 0 Å². The van der Waals surface area contributed by atoms with Gasteiger partial charge < -0.3 is 10.5 Å². The number of carbonyl (C=O) groups is 1. The van der Waals surface area contributed by atoms with E-state index in [0.29, 0.717) is 17.9 Å². The van der Waals surface area contributed by atoms with Crippen LogP contribution in [0, 0.1) is 0 Å². The van der Waals surface area contributed by atoms with Crippen LogP contribution in [0.5, 0.6) is 5.75 Å². The average Bonchev–Trinajstić information content (AvgIpc) is 2.42. The van der Waals surface area contributed by atoms with Gasteiger partial charge in [-0.15, -0.1) is 0 Å². The molecule has 1 rings (SSSR count). The van der Waals surface area contributed by atoms with Crippen molar-refractivity contribution in [2.24, 2.45) is 5.73 Å². The number of primary amides is 1. The van der Waals surface area contributed by atoms with E-state index in [1.165, 1.54) is 0 Å². The minimum atomic E-state index is -3.58. The summed E-state index contributed by atoms with van der Waals surface area (Å²) in [6.45, 7) is 4.15. The molecule has 0 unspecified atom stereocenters. The highest BCUT2D eigenvalue weighted by atomic mass is 32.2. The molecule has 1 aromatic rings. The van der Waals surface area contributed by atoms with Gasteiger partial charge in [0.1, 0.15) is 5.75 Å². The number of rotatable bonds is 9. The number of nitrogens with two attached hydrogens (primary N) is 1. The van der Waals surface area contributed by atoms with Crippen LogP contribution in [0.4, 0.5) is 0 Å². The van der Waals surface area contributed by atoms with Gasteiger partial charge in [0.15, 0.2) is 0 Å². The van der Waals surface area contributed by atoms with Crippen molar-refractivity contribution >= 4 is 15.9 Å². The van der Waals surface area contributed by atoms with Crippen molar-refractivity contribution in [3.8, 4) is 5.75 Å². The number of hydrogen-bond donors (Lipinski definition) is 1. The smallest absolute Gasteiger partial charge is 0.232 e. The second-order valence-corrected chi connectivity index (χ2v) is 6.61. The summed E-state index contributed by atoms with van der Waals surface area (Å²) in [5, 5.41) is 0. The van der Waals surface area contributed by atoms with Crippen molar-refractivity contribution in [3.63, 3.8) is 0 Å². The topological polar surface area (TPSA) is 89.7 Å². The summed E-state index contributed by atoms with van der Waals surface area (Å²) in [6, 6.07) is 6.95. The van der Waals surface area contributed by atoms with Gasteiger partial charge in [-0.1, -0.05) is 26.0 Å². The van der Waals surface area contributed by atoms with Crippen LogP contribution < -0.4 is 10.5 Å². The fraction of sp³-hybridized carbons (Fsp3) is 0.500. The molecule has 6 nitrogen and oxygen atoms in total. The molecule has 2 N–H and O–H groups in total. The third kappa shape index (κ3) is 5.73. The fourth-order valence-corrected chi connectivity index (χ4v) is 3.33. The van der Waals surface area contributed by atoms with E-state index in [1.807, 2.05) is 6.92 Å². The molecular weight excluding hydrogens is 292 g/mol. The Balaban J connectivity index is 2.85. The predicted molar refractivity (Wildman–Crippen MR) is 81.3 cm³/mol. The standard InChI is InChI=1S/C14H22N2O4S/c1-3-8-20-13-7-5-6-12(9-13)11-21(18,19)16(4-2)10-14(15)17/h5-7,9H,3-4,8,10-11H2,1-2H3,(H2,15,17). The molecule has 0 fully saturated rings. The first kappa shape index (κ1) is 17.5. The van der Waals surface area contributed by atoms with Crippen molar-refractivity contribution in [3.05, 3.63) is 29.8 Å². The van der Waals surface area contributed by atoms with Crippen LogP contribution in [0.1, 0.15) is 25.8 Å². The Morgan fingerprint density at radius 2 is 2.05 bits per heavy atom. The van der Waals surface area contributed by atoms with Gasteiger partial charge in [0.05, 0.1) is 18.9 Å². The van der Waals surface area contributed by atoms with Crippen molar-refractivity contribution in [1.29, 1.82) is 0 Å². The molecule has 7 heteroatoms. The molecule has 21 heavy (non-hydrogen) atoms. The maximum Gasteiger partial charge on any atom is 0.232 e. The van der Waals surface area contributed by atoms with E-state index in [9.17, 15) is 13.2 Å². The summed E-state index contributed by atoms with van der Waals surface area (Å²) >= 11 is 0. The van der Waals surface area contributed by atoms with E-state index in [0.717, 1.165) is 10.7 Å². The Kier molecular flexibility index (Phi) is 6.64. The number of benzene rings is 1. The zero-order chi connectivity index (χ0) is 15.9. The first-order valence-electron chi connectivity index (χ1n) is 6.87. The highest BCUT2D eigenvalue weighted by Gasteiger charge is 2.22. The van der Waals surface area contributed by atoms with Crippen molar-refractivity contribution in [1.82, 2.24) is 4.31 Å². The Morgan fingerprint density at radius 1 is 1.33 bits per heavy atom. The first-order chi connectivity index (χ1) is 9.89. The monoisotopic (exact) mass is 314 g/mol. The Morgan fingerprint density at radius 3 is 2.62 bits per heavy atom. The lowest BCUT2D eigenvalue weighted by Gasteiger charge is -2.19. The van der Waals surface area contributed by atoms with Crippen LogP contribution in [-0.4, -0.2) is 38.3 Å².